The molecule has 1 saturated heterocycles. The van der Waals surface area contributed by atoms with Crippen molar-refractivity contribution in [2.24, 2.45) is 0 Å². The summed E-state index contributed by atoms with van der Waals surface area (Å²) in [5, 5.41) is 14.4. The van der Waals surface area contributed by atoms with Crippen LogP contribution in [0.3, 0.4) is 0 Å². The molecule has 2 N–H and O–H groups in total. The molecule has 1 fully saturated rings. The summed E-state index contributed by atoms with van der Waals surface area (Å²) in [4.78, 5) is 9.81. The number of rotatable bonds is 7. The number of nitriles is 1. The fraction of sp³-hybridized carbons (Fsp3) is 0.267. The molecular formula is C30H32N6O2S. The van der Waals surface area contributed by atoms with Crippen molar-refractivity contribution in [2.45, 2.75) is 19.6 Å². The molecule has 200 valence electrons. The van der Waals surface area contributed by atoms with Crippen LogP contribution in [0.5, 0.6) is 0 Å². The molecule has 0 unspecified atom stereocenters. The van der Waals surface area contributed by atoms with Crippen molar-refractivity contribution in [1.29, 1.82) is 5.26 Å². The van der Waals surface area contributed by atoms with Gasteiger partial charge >= 0.3 is 0 Å². The summed E-state index contributed by atoms with van der Waals surface area (Å²) in [6.07, 6.45) is 7.41. The monoisotopic (exact) mass is 540 g/mol. The largest absolute Gasteiger partial charge is 0.361 e. The maximum absolute atomic E-state index is 12.9. The van der Waals surface area contributed by atoms with Crippen LogP contribution in [0.25, 0.3) is 23.1 Å². The molecule has 1 aliphatic heterocycles. The Bertz CT molecular complexity index is 1680. The molecule has 0 amide bonds. The quantitative estimate of drug-likeness (QED) is 0.340. The van der Waals surface area contributed by atoms with E-state index in [4.69, 9.17) is 0 Å². The second-order valence-corrected chi connectivity index (χ2v) is 12.0. The van der Waals surface area contributed by atoms with Gasteiger partial charge in [0.05, 0.1) is 17.0 Å². The number of aromatic amines is 1. The number of piperazine rings is 1. The van der Waals surface area contributed by atoms with E-state index in [1.807, 2.05) is 74.8 Å². The molecule has 0 radical (unpaired) electrons. The normalized spacial score (nSPS) is 15.1. The molecule has 8 nitrogen and oxygen atoms in total. The van der Waals surface area contributed by atoms with Gasteiger partial charge in [0.15, 0.2) is 0 Å². The number of aromatic nitrogens is 2. The van der Waals surface area contributed by atoms with E-state index in [-0.39, 0.29) is 5.75 Å². The molecule has 0 spiro atoms. The van der Waals surface area contributed by atoms with E-state index in [0.717, 1.165) is 57.6 Å². The average molecular weight is 541 g/mol. The van der Waals surface area contributed by atoms with E-state index >= 15 is 0 Å². The molecule has 5 rings (SSSR count). The summed E-state index contributed by atoms with van der Waals surface area (Å²) in [6.45, 7) is 6.54. The van der Waals surface area contributed by atoms with Crippen molar-refractivity contribution in [2.75, 3.05) is 38.5 Å². The van der Waals surface area contributed by atoms with Gasteiger partial charge in [0, 0.05) is 66.4 Å². The van der Waals surface area contributed by atoms with Crippen LogP contribution < -0.4 is 5.32 Å². The van der Waals surface area contributed by atoms with Crippen LogP contribution >= 0.6 is 0 Å². The Balaban J connectivity index is 1.37. The zero-order valence-corrected chi connectivity index (χ0v) is 23.2. The average Bonchev–Trinajstić information content (AvgIpc) is 3.41. The first-order valence-corrected chi connectivity index (χ1v) is 14.5. The summed E-state index contributed by atoms with van der Waals surface area (Å²) in [5.41, 5.74) is 7.53. The molecule has 9 heteroatoms. The van der Waals surface area contributed by atoms with E-state index in [1.54, 1.807) is 10.5 Å². The van der Waals surface area contributed by atoms with Crippen LogP contribution in [0.2, 0.25) is 0 Å². The second-order valence-electron chi connectivity index (χ2n) is 9.99. The van der Waals surface area contributed by atoms with Gasteiger partial charge in [-0.3, -0.25) is 4.98 Å². The Kier molecular flexibility index (Phi) is 7.53. The Morgan fingerprint density at radius 1 is 1.05 bits per heavy atom. The minimum atomic E-state index is -3.35. The predicted octanol–water partition coefficient (Wildman–Crippen LogP) is 5.04. The Labute approximate surface area is 229 Å². The van der Waals surface area contributed by atoms with E-state index in [1.165, 1.54) is 0 Å². The van der Waals surface area contributed by atoms with Crippen molar-refractivity contribution in [3.8, 4) is 6.07 Å². The number of fused-ring (bicyclic) bond motifs is 1. The van der Waals surface area contributed by atoms with Gasteiger partial charge in [0.25, 0.3) is 0 Å². The van der Waals surface area contributed by atoms with Gasteiger partial charge in [-0.15, -0.1) is 0 Å². The van der Waals surface area contributed by atoms with E-state index in [0.29, 0.717) is 24.3 Å². The smallest absolute Gasteiger partial charge is 0.218 e. The fourth-order valence-corrected chi connectivity index (χ4v) is 6.39. The van der Waals surface area contributed by atoms with Crippen molar-refractivity contribution in [3.05, 3.63) is 88.4 Å². The van der Waals surface area contributed by atoms with Crippen LogP contribution in [0.1, 0.15) is 33.5 Å². The van der Waals surface area contributed by atoms with Crippen molar-refractivity contribution in [3.63, 3.8) is 0 Å². The van der Waals surface area contributed by atoms with Gasteiger partial charge in [-0.2, -0.15) is 9.57 Å². The first-order chi connectivity index (χ1) is 18.7. The van der Waals surface area contributed by atoms with Crippen molar-refractivity contribution >= 4 is 44.5 Å². The highest BCUT2D eigenvalue weighted by atomic mass is 32.2. The summed E-state index contributed by atoms with van der Waals surface area (Å²) in [7, 11) is -1.34. The minimum absolute atomic E-state index is 0.00709. The number of hydrogen-bond donors (Lipinski definition) is 2. The van der Waals surface area contributed by atoms with E-state index in [9.17, 15) is 13.7 Å². The van der Waals surface area contributed by atoms with Crippen molar-refractivity contribution < 1.29 is 8.42 Å². The molecule has 2 aromatic carbocycles. The van der Waals surface area contributed by atoms with Crippen LogP contribution in [0.15, 0.2) is 54.9 Å². The fourth-order valence-electron chi connectivity index (χ4n) is 4.87. The maximum Gasteiger partial charge on any atom is 0.218 e. The lowest BCUT2D eigenvalue weighted by Crippen LogP contribution is -2.47. The molecule has 3 heterocycles. The summed E-state index contributed by atoms with van der Waals surface area (Å²) >= 11 is 0. The molecule has 0 bridgehead atoms. The molecule has 0 aliphatic carbocycles. The highest BCUT2D eigenvalue weighted by Crippen LogP contribution is 2.32. The first kappa shape index (κ1) is 26.6. The highest BCUT2D eigenvalue weighted by molar-refractivity contribution is 7.88. The zero-order chi connectivity index (χ0) is 27.6. The standard InChI is InChI=1S/C30H32N6O2S/c1-21-26-12-13-32-29(26)11-10-28(21)34-30-25(18-31)19-33-22(2)27(30)9-8-23-4-6-24(7-5-23)20-39(37,38)36-16-14-35(3)15-17-36/h4-13,19,32H,14-17,20H2,1-3H3,(H,33,34)/b9-8+. The highest BCUT2D eigenvalue weighted by Gasteiger charge is 2.25. The number of nitrogens with zero attached hydrogens (tertiary/aromatic N) is 4. The maximum atomic E-state index is 12.9. The molecule has 39 heavy (non-hydrogen) atoms. The minimum Gasteiger partial charge on any atom is -0.361 e. The Morgan fingerprint density at radius 2 is 1.79 bits per heavy atom. The summed E-state index contributed by atoms with van der Waals surface area (Å²) < 4.78 is 27.3. The predicted molar refractivity (Wildman–Crippen MR) is 157 cm³/mol. The van der Waals surface area contributed by atoms with Gasteiger partial charge in [0.1, 0.15) is 6.07 Å². The number of aryl methyl sites for hydroxylation is 2. The molecule has 0 saturated carbocycles. The summed E-state index contributed by atoms with van der Waals surface area (Å²) in [6, 6.07) is 15.9. The number of nitrogens with one attached hydrogen (secondary N) is 2. The van der Waals surface area contributed by atoms with Crippen LogP contribution in [-0.2, 0) is 15.8 Å². The van der Waals surface area contributed by atoms with Crippen LogP contribution in [-0.4, -0.2) is 60.8 Å². The SMILES string of the molecule is Cc1ncc(C#N)c(Nc2ccc3[nH]ccc3c2C)c1/C=C/c1ccc(CS(=O)(=O)N2CCN(C)CC2)cc1. The zero-order valence-electron chi connectivity index (χ0n) is 22.4. The Hall–Kier alpha value is -3.97. The molecular weight excluding hydrogens is 508 g/mol. The van der Waals surface area contributed by atoms with Gasteiger partial charge < -0.3 is 15.2 Å². The number of pyridine rings is 1. The van der Waals surface area contributed by atoms with Gasteiger partial charge in [0.2, 0.25) is 10.0 Å². The number of sulfonamides is 1. The Morgan fingerprint density at radius 3 is 2.51 bits per heavy atom. The van der Waals surface area contributed by atoms with Crippen LogP contribution in [0, 0.1) is 25.2 Å². The molecule has 1 aliphatic rings. The summed E-state index contributed by atoms with van der Waals surface area (Å²) in [5.74, 6) is -0.00709. The third-order valence-electron chi connectivity index (χ3n) is 7.33. The first-order valence-electron chi connectivity index (χ1n) is 12.9. The number of hydrogen-bond acceptors (Lipinski definition) is 6. The van der Waals surface area contributed by atoms with Gasteiger partial charge in [-0.1, -0.05) is 36.4 Å². The van der Waals surface area contributed by atoms with Crippen molar-refractivity contribution in [1.82, 2.24) is 19.2 Å². The molecule has 2 aromatic heterocycles. The van der Waals surface area contributed by atoms with Crippen LogP contribution in [0.4, 0.5) is 11.4 Å². The third-order valence-corrected chi connectivity index (χ3v) is 9.18. The molecule has 4 aromatic rings. The van der Waals surface area contributed by atoms with Gasteiger partial charge in [-0.25, -0.2) is 8.42 Å². The third kappa shape index (κ3) is 5.73. The topological polar surface area (TPSA) is 105 Å². The van der Waals surface area contributed by atoms with E-state index in [2.05, 4.69) is 33.2 Å². The van der Waals surface area contributed by atoms with E-state index < -0.39 is 10.0 Å². The number of benzene rings is 2. The van der Waals surface area contributed by atoms with Gasteiger partial charge in [-0.05, 0) is 55.8 Å². The lowest BCUT2D eigenvalue weighted by molar-refractivity contribution is 0.222. The lowest BCUT2D eigenvalue weighted by Gasteiger charge is -2.31. The lowest BCUT2D eigenvalue weighted by atomic mass is 10.0. The second kappa shape index (κ2) is 11.0. The molecule has 0 atom stereocenters. The number of likely N-dealkylation sites (N-methyl/N-ethyl adjacent to an activating group) is 1. The number of anilines is 2. The number of H-pyrrole nitrogens is 1.